The topological polar surface area (TPSA) is 109 Å². The highest BCUT2D eigenvalue weighted by molar-refractivity contribution is 7.18. The van der Waals surface area contributed by atoms with Crippen LogP contribution >= 0.6 is 11.3 Å². The molecule has 1 unspecified atom stereocenters. The van der Waals surface area contributed by atoms with E-state index in [9.17, 15) is 14.7 Å². The summed E-state index contributed by atoms with van der Waals surface area (Å²) >= 11 is 1.59. The summed E-state index contributed by atoms with van der Waals surface area (Å²) in [5.74, 6) is -0.535. The molecule has 8 nitrogen and oxygen atoms in total. The second-order valence-corrected chi connectivity index (χ2v) is 8.09. The minimum Gasteiger partial charge on any atom is -0.481 e. The third-order valence-electron chi connectivity index (χ3n) is 5.19. The normalized spacial score (nSPS) is 18.6. The van der Waals surface area contributed by atoms with Gasteiger partial charge in [-0.2, -0.15) is 0 Å². The van der Waals surface area contributed by atoms with E-state index in [-0.39, 0.29) is 24.8 Å². The Balaban J connectivity index is 1.73. The number of fused-ring (bicyclic) bond motifs is 3. The lowest BCUT2D eigenvalue weighted by atomic mass is 10.0. The number of nitrogens with zero attached hydrogens (tertiary/aromatic N) is 4. The van der Waals surface area contributed by atoms with Gasteiger partial charge in [-0.25, -0.2) is 4.98 Å². The van der Waals surface area contributed by atoms with E-state index >= 15 is 0 Å². The highest BCUT2D eigenvalue weighted by atomic mass is 32.1. The summed E-state index contributed by atoms with van der Waals surface area (Å²) in [5.41, 5.74) is 2.57. The molecule has 3 aromatic heterocycles. The molecule has 1 fully saturated rings. The predicted octanol–water partition coefficient (Wildman–Crippen LogP) is 2.73. The fraction of sp³-hybridized carbons (Fsp3) is 0.474. The zero-order chi connectivity index (χ0) is 19.8. The maximum Gasteiger partial charge on any atom is 0.303 e. The van der Waals surface area contributed by atoms with Crippen molar-refractivity contribution < 1.29 is 19.8 Å². The number of hydrogen-bond acceptors (Lipinski definition) is 6. The zero-order valence-corrected chi connectivity index (χ0v) is 16.4. The molecule has 148 valence electrons. The first-order valence-electron chi connectivity index (χ1n) is 9.37. The molecule has 1 saturated heterocycles. The summed E-state index contributed by atoms with van der Waals surface area (Å²) < 4.78 is 3.09. The molecule has 0 spiro atoms. The number of pyridine rings is 1. The Morgan fingerprint density at radius 1 is 1.36 bits per heavy atom. The number of rotatable bonds is 5. The molecule has 2 atom stereocenters. The number of aromatic nitrogens is 3. The Labute approximate surface area is 165 Å². The van der Waals surface area contributed by atoms with Crippen LogP contribution in [-0.2, 0) is 9.59 Å². The van der Waals surface area contributed by atoms with E-state index in [4.69, 9.17) is 5.11 Å². The molecule has 9 heteroatoms. The Morgan fingerprint density at radius 3 is 2.93 bits per heavy atom. The van der Waals surface area contributed by atoms with Crippen LogP contribution < -0.4 is 0 Å². The van der Waals surface area contributed by atoms with Crippen molar-refractivity contribution in [1.82, 2.24) is 19.4 Å². The standard InChI is InChI=1S/C19H22N4O4S/c1-11(24)19-21-14-9-20-13-6-8-28-18(13)17(14)23(19)12-3-2-7-22(10-12)15(25)4-5-16(26)27/h6,8-9,11-12,24H,2-5,7,10H2,1H3,(H,26,27)/t11?,12-/m0/s1. The second-order valence-electron chi connectivity index (χ2n) is 7.17. The van der Waals surface area contributed by atoms with E-state index in [1.54, 1.807) is 29.4 Å². The number of piperidine rings is 1. The number of aliphatic hydroxyl groups excluding tert-OH is 1. The van der Waals surface area contributed by atoms with Crippen molar-refractivity contribution in [2.75, 3.05) is 13.1 Å². The average molecular weight is 402 g/mol. The molecule has 0 aromatic carbocycles. The highest BCUT2D eigenvalue weighted by Gasteiger charge is 2.29. The van der Waals surface area contributed by atoms with Crippen molar-refractivity contribution in [1.29, 1.82) is 0 Å². The first-order chi connectivity index (χ1) is 13.5. The molecule has 0 aliphatic carbocycles. The number of likely N-dealkylation sites (tertiary alicyclic amines) is 1. The average Bonchev–Trinajstić information content (AvgIpc) is 3.29. The van der Waals surface area contributed by atoms with Crippen LogP contribution in [0.2, 0.25) is 0 Å². The Morgan fingerprint density at radius 2 is 2.18 bits per heavy atom. The monoisotopic (exact) mass is 402 g/mol. The quantitative estimate of drug-likeness (QED) is 0.679. The van der Waals surface area contributed by atoms with Crippen LogP contribution in [0.25, 0.3) is 21.3 Å². The van der Waals surface area contributed by atoms with Crippen LogP contribution in [0.1, 0.15) is 50.6 Å². The molecular formula is C19H22N4O4S. The van der Waals surface area contributed by atoms with Gasteiger partial charge in [-0.1, -0.05) is 0 Å². The predicted molar refractivity (Wildman–Crippen MR) is 105 cm³/mol. The minimum atomic E-state index is -0.966. The Kier molecular flexibility index (Phi) is 5.03. The molecular weight excluding hydrogens is 380 g/mol. The number of carbonyl (C=O) groups is 2. The summed E-state index contributed by atoms with van der Waals surface area (Å²) in [6.45, 7) is 2.80. The van der Waals surface area contributed by atoms with Crippen molar-refractivity contribution >= 4 is 44.5 Å². The number of carboxylic acids is 1. The van der Waals surface area contributed by atoms with Gasteiger partial charge in [-0.05, 0) is 31.2 Å². The molecule has 1 aliphatic heterocycles. The smallest absolute Gasteiger partial charge is 0.303 e. The maximum absolute atomic E-state index is 12.5. The van der Waals surface area contributed by atoms with Crippen LogP contribution in [0.3, 0.4) is 0 Å². The van der Waals surface area contributed by atoms with E-state index in [2.05, 4.69) is 14.5 Å². The second kappa shape index (κ2) is 7.48. The van der Waals surface area contributed by atoms with Crippen molar-refractivity contribution in [2.24, 2.45) is 0 Å². The number of carbonyl (C=O) groups excluding carboxylic acids is 1. The lowest BCUT2D eigenvalue weighted by Crippen LogP contribution is -2.41. The summed E-state index contributed by atoms with van der Waals surface area (Å²) in [6.07, 6.45) is 2.51. The van der Waals surface area contributed by atoms with E-state index in [0.717, 1.165) is 34.1 Å². The number of imidazole rings is 1. The first kappa shape index (κ1) is 18.8. The van der Waals surface area contributed by atoms with E-state index in [1.165, 1.54) is 0 Å². The number of aliphatic hydroxyl groups is 1. The lowest BCUT2D eigenvalue weighted by Gasteiger charge is -2.34. The van der Waals surface area contributed by atoms with Crippen LogP contribution in [0, 0.1) is 0 Å². The Bertz CT molecular complexity index is 1040. The Hall–Kier alpha value is -2.52. The summed E-state index contributed by atoms with van der Waals surface area (Å²) in [6, 6.07) is 1.94. The maximum atomic E-state index is 12.5. The molecule has 28 heavy (non-hydrogen) atoms. The number of carboxylic acid groups (broad SMARTS) is 1. The summed E-state index contributed by atoms with van der Waals surface area (Å²) in [7, 11) is 0. The van der Waals surface area contributed by atoms with Gasteiger partial charge in [0, 0.05) is 19.5 Å². The summed E-state index contributed by atoms with van der Waals surface area (Å²) in [4.78, 5) is 34.0. The van der Waals surface area contributed by atoms with Gasteiger partial charge < -0.3 is 19.7 Å². The molecule has 3 aromatic rings. The fourth-order valence-corrected chi connectivity index (χ4v) is 4.81. The number of hydrogen-bond donors (Lipinski definition) is 2. The summed E-state index contributed by atoms with van der Waals surface area (Å²) in [5, 5.41) is 21.2. The third kappa shape index (κ3) is 3.35. The van der Waals surface area contributed by atoms with Gasteiger partial charge in [0.25, 0.3) is 0 Å². The van der Waals surface area contributed by atoms with Gasteiger partial charge in [0.15, 0.2) is 0 Å². The number of thiophene rings is 1. The SMILES string of the molecule is CC(O)c1nc2cnc3ccsc3c2n1[C@H]1CCCN(C(=O)CCC(=O)O)C1. The van der Waals surface area contributed by atoms with Crippen molar-refractivity contribution in [3.63, 3.8) is 0 Å². The van der Waals surface area contributed by atoms with Gasteiger partial charge in [0.1, 0.15) is 17.4 Å². The van der Waals surface area contributed by atoms with Crippen molar-refractivity contribution in [2.45, 2.75) is 44.8 Å². The van der Waals surface area contributed by atoms with E-state index in [1.807, 2.05) is 11.4 Å². The highest BCUT2D eigenvalue weighted by Crippen LogP contribution is 2.35. The van der Waals surface area contributed by atoms with Gasteiger partial charge >= 0.3 is 5.97 Å². The molecule has 1 amide bonds. The van der Waals surface area contributed by atoms with Gasteiger partial charge in [-0.3, -0.25) is 14.6 Å². The van der Waals surface area contributed by atoms with Crippen LogP contribution in [0.5, 0.6) is 0 Å². The molecule has 1 aliphatic rings. The number of amides is 1. The molecule has 2 N–H and O–H groups in total. The largest absolute Gasteiger partial charge is 0.481 e. The van der Waals surface area contributed by atoms with Crippen LogP contribution in [0.15, 0.2) is 17.6 Å². The van der Waals surface area contributed by atoms with Gasteiger partial charge in [0.2, 0.25) is 5.91 Å². The number of aliphatic carboxylic acids is 1. The van der Waals surface area contributed by atoms with Crippen molar-refractivity contribution in [3.05, 3.63) is 23.5 Å². The molecule has 4 rings (SSSR count). The van der Waals surface area contributed by atoms with Crippen LogP contribution in [-0.4, -0.2) is 54.6 Å². The van der Waals surface area contributed by atoms with E-state index < -0.39 is 12.1 Å². The van der Waals surface area contributed by atoms with Crippen LogP contribution in [0.4, 0.5) is 0 Å². The molecule has 0 saturated carbocycles. The van der Waals surface area contributed by atoms with Crippen molar-refractivity contribution in [3.8, 4) is 0 Å². The lowest BCUT2D eigenvalue weighted by molar-refractivity contribution is -0.141. The third-order valence-corrected chi connectivity index (χ3v) is 6.10. The minimum absolute atomic E-state index is 0.00901. The van der Waals surface area contributed by atoms with Gasteiger partial charge in [0.05, 0.1) is 34.4 Å². The fourth-order valence-electron chi connectivity index (χ4n) is 3.92. The first-order valence-corrected chi connectivity index (χ1v) is 10.3. The van der Waals surface area contributed by atoms with Gasteiger partial charge in [-0.15, -0.1) is 11.3 Å². The molecule has 0 bridgehead atoms. The molecule has 0 radical (unpaired) electrons. The zero-order valence-electron chi connectivity index (χ0n) is 15.5. The molecule has 4 heterocycles. The van der Waals surface area contributed by atoms with E-state index in [0.29, 0.717) is 18.9 Å².